The predicted molar refractivity (Wildman–Crippen MR) is 102 cm³/mol. The molecule has 0 N–H and O–H groups in total. The van der Waals surface area contributed by atoms with Crippen LogP contribution in [0.1, 0.15) is 31.4 Å². The Morgan fingerprint density at radius 2 is 1.88 bits per heavy atom. The van der Waals surface area contributed by atoms with Crippen molar-refractivity contribution in [2.75, 3.05) is 26.2 Å². The number of thiazole rings is 1. The minimum Gasteiger partial charge on any atom is -0.342 e. The molecule has 0 saturated carbocycles. The Morgan fingerprint density at radius 1 is 1.15 bits per heavy atom. The molecule has 2 amide bonds. The molecule has 8 heteroatoms. The highest BCUT2D eigenvalue weighted by Gasteiger charge is 2.30. The van der Waals surface area contributed by atoms with Gasteiger partial charge >= 0.3 is 0 Å². The first kappa shape index (κ1) is 17.5. The molecule has 26 heavy (non-hydrogen) atoms. The van der Waals surface area contributed by atoms with Crippen molar-refractivity contribution in [2.45, 2.75) is 25.7 Å². The number of fused-ring (bicyclic) bond motifs is 1. The molecule has 0 atom stereocenters. The third-order valence-electron chi connectivity index (χ3n) is 5.21. The number of rotatable bonds is 3. The molecule has 2 aliphatic rings. The van der Waals surface area contributed by atoms with Crippen LogP contribution >= 0.6 is 22.9 Å². The van der Waals surface area contributed by atoms with Gasteiger partial charge in [0.05, 0.1) is 5.69 Å². The van der Waals surface area contributed by atoms with Gasteiger partial charge in [-0.05, 0) is 31.8 Å². The van der Waals surface area contributed by atoms with Crippen molar-refractivity contribution in [2.24, 2.45) is 5.92 Å². The number of aromatic nitrogens is 2. The molecule has 6 nitrogen and oxygen atoms in total. The summed E-state index contributed by atoms with van der Waals surface area (Å²) < 4.78 is 1.87. The highest BCUT2D eigenvalue weighted by atomic mass is 35.5. The number of piperidine rings is 1. The number of imidazole rings is 1. The Hall–Kier alpha value is -1.86. The lowest BCUT2D eigenvalue weighted by atomic mass is 9.95. The Bertz CT molecular complexity index is 845. The Kier molecular flexibility index (Phi) is 5.00. The maximum Gasteiger partial charge on any atom is 0.246 e. The Labute approximate surface area is 161 Å². The van der Waals surface area contributed by atoms with Crippen molar-refractivity contribution < 1.29 is 9.59 Å². The number of carbonyl (C=O) groups excluding carboxylic acids is 2. The fourth-order valence-corrected chi connectivity index (χ4v) is 4.73. The largest absolute Gasteiger partial charge is 0.342 e. The molecule has 2 aromatic rings. The second-order valence-corrected chi connectivity index (χ2v) is 8.04. The molecule has 0 aromatic carbocycles. The first-order chi connectivity index (χ1) is 12.6. The summed E-state index contributed by atoms with van der Waals surface area (Å²) >= 11 is 7.65. The molecule has 2 aromatic heterocycles. The molecule has 138 valence electrons. The van der Waals surface area contributed by atoms with Gasteiger partial charge in [0, 0.05) is 49.7 Å². The lowest BCUT2D eigenvalue weighted by molar-refractivity contribution is -0.138. The first-order valence-electron chi connectivity index (χ1n) is 9.00. The monoisotopic (exact) mass is 392 g/mol. The van der Waals surface area contributed by atoms with E-state index in [0.29, 0.717) is 18.2 Å². The number of nitrogens with zero attached hydrogens (tertiary/aromatic N) is 4. The number of hydrogen-bond donors (Lipinski definition) is 0. The summed E-state index contributed by atoms with van der Waals surface area (Å²) in [5.41, 5.74) is 0.718. The normalized spacial score (nSPS) is 19.1. The van der Waals surface area contributed by atoms with E-state index < -0.39 is 0 Å². The molecule has 0 radical (unpaired) electrons. The number of likely N-dealkylation sites (tertiary alicyclic amines) is 2. The van der Waals surface area contributed by atoms with Crippen LogP contribution in [0.15, 0.2) is 17.7 Å². The van der Waals surface area contributed by atoms with Crippen LogP contribution in [-0.4, -0.2) is 57.2 Å². The van der Waals surface area contributed by atoms with Crippen molar-refractivity contribution in [3.05, 3.63) is 28.5 Å². The fourth-order valence-electron chi connectivity index (χ4n) is 3.72. The van der Waals surface area contributed by atoms with Gasteiger partial charge in [-0.1, -0.05) is 11.6 Å². The molecule has 0 spiro atoms. The average molecular weight is 393 g/mol. The third-order valence-corrected chi connectivity index (χ3v) is 6.25. The van der Waals surface area contributed by atoms with E-state index in [1.54, 1.807) is 12.2 Å². The molecule has 2 fully saturated rings. The van der Waals surface area contributed by atoms with Gasteiger partial charge in [0.2, 0.25) is 11.8 Å². The van der Waals surface area contributed by atoms with E-state index >= 15 is 0 Å². The van der Waals surface area contributed by atoms with Gasteiger partial charge in [0.25, 0.3) is 0 Å². The summed E-state index contributed by atoms with van der Waals surface area (Å²) in [6.45, 7) is 3.04. The minimum atomic E-state index is -0.0432. The fraction of sp³-hybridized carbons (Fsp3) is 0.500. The SMILES string of the molecule is O=C(/C=C/c1c(Cl)nc2sccn12)N1CCC(C(=O)N2CCCC2)CC1. The molecule has 0 aliphatic carbocycles. The minimum absolute atomic E-state index is 0.0432. The topological polar surface area (TPSA) is 57.9 Å². The van der Waals surface area contributed by atoms with Crippen LogP contribution in [0.3, 0.4) is 0 Å². The summed E-state index contributed by atoms with van der Waals surface area (Å²) in [5, 5.41) is 2.33. The molecular weight excluding hydrogens is 372 g/mol. The number of hydrogen-bond acceptors (Lipinski definition) is 4. The van der Waals surface area contributed by atoms with Gasteiger partial charge in [0.15, 0.2) is 10.1 Å². The summed E-state index contributed by atoms with van der Waals surface area (Å²) in [5.74, 6) is 0.296. The van der Waals surface area contributed by atoms with Crippen LogP contribution in [0.2, 0.25) is 5.15 Å². The quantitative estimate of drug-likeness (QED) is 0.754. The van der Waals surface area contributed by atoms with Crippen molar-refractivity contribution in [3.8, 4) is 0 Å². The van der Waals surface area contributed by atoms with E-state index in [9.17, 15) is 9.59 Å². The van der Waals surface area contributed by atoms with Crippen LogP contribution in [0.5, 0.6) is 0 Å². The van der Waals surface area contributed by atoms with E-state index in [-0.39, 0.29) is 17.7 Å². The van der Waals surface area contributed by atoms with Crippen molar-refractivity contribution in [1.29, 1.82) is 0 Å². The molecule has 4 rings (SSSR count). The van der Waals surface area contributed by atoms with Crippen LogP contribution < -0.4 is 0 Å². The summed E-state index contributed by atoms with van der Waals surface area (Å²) in [4.78, 5) is 33.8. The molecule has 2 saturated heterocycles. The lowest BCUT2D eigenvalue weighted by Gasteiger charge is -2.32. The van der Waals surface area contributed by atoms with Gasteiger partial charge in [-0.3, -0.25) is 14.0 Å². The van der Waals surface area contributed by atoms with E-state index in [1.807, 2.05) is 25.8 Å². The van der Waals surface area contributed by atoms with E-state index in [2.05, 4.69) is 4.98 Å². The van der Waals surface area contributed by atoms with Crippen LogP contribution in [0, 0.1) is 5.92 Å². The standard InChI is InChI=1S/C18H21ClN4O2S/c19-16-14(23-11-12-26-18(23)20-16)3-4-15(24)21-9-5-13(6-10-21)17(25)22-7-1-2-8-22/h3-4,11-13H,1-2,5-10H2/b4-3+. The highest BCUT2D eigenvalue weighted by Crippen LogP contribution is 2.24. The van der Waals surface area contributed by atoms with E-state index in [1.165, 1.54) is 11.3 Å². The Morgan fingerprint density at radius 3 is 2.62 bits per heavy atom. The van der Waals surface area contributed by atoms with Crippen LogP contribution in [0.25, 0.3) is 11.0 Å². The van der Waals surface area contributed by atoms with Crippen LogP contribution in [-0.2, 0) is 9.59 Å². The number of amides is 2. The maximum atomic E-state index is 12.5. The highest BCUT2D eigenvalue weighted by molar-refractivity contribution is 7.15. The third kappa shape index (κ3) is 3.38. The molecular formula is C18H21ClN4O2S. The van der Waals surface area contributed by atoms with E-state index in [0.717, 1.165) is 49.4 Å². The second-order valence-electron chi connectivity index (χ2n) is 6.81. The first-order valence-corrected chi connectivity index (χ1v) is 10.3. The lowest BCUT2D eigenvalue weighted by Crippen LogP contribution is -2.43. The number of carbonyl (C=O) groups is 2. The van der Waals surface area contributed by atoms with Crippen LogP contribution in [0.4, 0.5) is 0 Å². The average Bonchev–Trinajstić information content (AvgIpc) is 3.37. The van der Waals surface area contributed by atoms with E-state index in [4.69, 9.17) is 11.6 Å². The van der Waals surface area contributed by atoms with Gasteiger partial charge in [-0.2, -0.15) is 0 Å². The van der Waals surface area contributed by atoms with Gasteiger partial charge < -0.3 is 9.80 Å². The second kappa shape index (κ2) is 7.40. The summed E-state index contributed by atoms with van der Waals surface area (Å²) in [7, 11) is 0. The summed E-state index contributed by atoms with van der Waals surface area (Å²) in [6, 6.07) is 0. The van der Waals surface area contributed by atoms with Crippen molar-refractivity contribution in [3.63, 3.8) is 0 Å². The van der Waals surface area contributed by atoms with Crippen molar-refractivity contribution >= 4 is 45.8 Å². The maximum absolute atomic E-state index is 12.5. The van der Waals surface area contributed by atoms with Crippen molar-refractivity contribution in [1.82, 2.24) is 19.2 Å². The molecule has 0 bridgehead atoms. The molecule has 2 aliphatic heterocycles. The predicted octanol–water partition coefficient (Wildman–Crippen LogP) is 2.92. The molecule has 4 heterocycles. The smallest absolute Gasteiger partial charge is 0.246 e. The summed E-state index contributed by atoms with van der Waals surface area (Å²) in [6.07, 6.45) is 8.88. The zero-order valence-electron chi connectivity index (χ0n) is 14.4. The number of halogens is 1. The van der Waals surface area contributed by atoms with Gasteiger partial charge in [0.1, 0.15) is 0 Å². The zero-order valence-corrected chi connectivity index (χ0v) is 16.0. The molecule has 0 unspecified atom stereocenters. The zero-order chi connectivity index (χ0) is 18.1. The van der Waals surface area contributed by atoms with Gasteiger partial charge in [-0.25, -0.2) is 4.98 Å². The van der Waals surface area contributed by atoms with Gasteiger partial charge in [-0.15, -0.1) is 11.3 Å². The Balaban J connectivity index is 1.35.